The van der Waals surface area contributed by atoms with E-state index >= 15 is 0 Å². The highest BCUT2D eigenvalue weighted by Gasteiger charge is 2.02. The second-order valence-corrected chi connectivity index (χ2v) is 4.44. The van der Waals surface area contributed by atoms with E-state index in [4.69, 9.17) is 5.73 Å². The Morgan fingerprint density at radius 1 is 1.06 bits per heavy atom. The molecule has 18 heavy (non-hydrogen) atoms. The van der Waals surface area contributed by atoms with E-state index in [-0.39, 0.29) is 11.8 Å². The number of benzene rings is 1. The normalized spacial score (nSPS) is 10.1. The van der Waals surface area contributed by atoms with E-state index in [2.05, 4.69) is 5.32 Å². The first-order valence-electron chi connectivity index (χ1n) is 6.23. The number of nitrogens with one attached hydrogen (secondary N) is 1. The third-order valence-corrected chi connectivity index (χ3v) is 2.66. The summed E-state index contributed by atoms with van der Waals surface area (Å²) in [5, 5.41) is 2.84. The minimum Gasteiger partial charge on any atom is -0.370 e. The fourth-order valence-electron chi connectivity index (χ4n) is 1.62. The highest BCUT2D eigenvalue weighted by atomic mass is 16.1. The van der Waals surface area contributed by atoms with Crippen LogP contribution < -0.4 is 11.1 Å². The van der Waals surface area contributed by atoms with Crippen LogP contribution in [0.4, 0.5) is 5.69 Å². The molecule has 2 amide bonds. The Bertz CT molecular complexity index is 399. The first-order valence-corrected chi connectivity index (χ1v) is 6.23. The number of nitrogens with two attached hydrogens (primary N) is 1. The van der Waals surface area contributed by atoms with Crippen molar-refractivity contribution in [2.24, 2.45) is 5.73 Å². The van der Waals surface area contributed by atoms with Crippen LogP contribution in [0, 0.1) is 6.92 Å². The fourth-order valence-corrected chi connectivity index (χ4v) is 1.62. The maximum atomic E-state index is 11.6. The van der Waals surface area contributed by atoms with E-state index in [1.807, 2.05) is 31.2 Å². The molecule has 0 aromatic heterocycles. The Balaban J connectivity index is 2.17. The van der Waals surface area contributed by atoms with Crippen molar-refractivity contribution < 1.29 is 9.59 Å². The lowest BCUT2D eigenvalue weighted by Crippen LogP contribution is -2.12. The number of hydrogen-bond donors (Lipinski definition) is 2. The average molecular weight is 248 g/mol. The van der Waals surface area contributed by atoms with Gasteiger partial charge in [-0.1, -0.05) is 24.1 Å². The van der Waals surface area contributed by atoms with E-state index in [0.29, 0.717) is 12.8 Å². The van der Waals surface area contributed by atoms with Crippen molar-refractivity contribution in [3.63, 3.8) is 0 Å². The number of hydrogen-bond acceptors (Lipinski definition) is 2. The van der Waals surface area contributed by atoms with Crippen LogP contribution in [-0.4, -0.2) is 11.8 Å². The summed E-state index contributed by atoms with van der Waals surface area (Å²) >= 11 is 0. The predicted octanol–water partition coefficient (Wildman–Crippen LogP) is 2.37. The summed E-state index contributed by atoms with van der Waals surface area (Å²) in [6, 6.07) is 7.70. The first-order chi connectivity index (χ1) is 8.58. The fraction of sp³-hybridized carbons (Fsp3) is 0.429. The van der Waals surface area contributed by atoms with Crippen LogP contribution in [0.15, 0.2) is 24.3 Å². The molecule has 0 heterocycles. The van der Waals surface area contributed by atoms with Crippen LogP contribution in [0.2, 0.25) is 0 Å². The third kappa shape index (κ3) is 6.03. The molecule has 0 unspecified atom stereocenters. The highest BCUT2D eigenvalue weighted by molar-refractivity contribution is 5.90. The molecular weight excluding hydrogens is 228 g/mol. The number of carbonyl (C=O) groups excluding carboxylic acids is 2. The van der Waals surface area contributed by atoms with Gasteiger partial charge in [-0.15, -0.1) is 0 Å². The number of primary amides is 1. The number of unbranched alkanes of at least 4 members (excludes halogenated alkanes) is 2. The van der Waals surface area contributed by atoms with E-state index < -0.39 is 0 Å². The van der Waals surface area contributed by atoms with Gasteiger partial charge >= 0.3 is 0 Å². The van der Waals surface area contributed by atoms with Crippen molar-refractivity contribution in [2.45, 2.75) is 39.0 Å². The van der Waals surface area contributed by atoms with E-state index in [1.165, 1.54) is 5.56 Å². The molecule has 0 spiro atoms. The summed E-state index contributed by atoms with van der Waals surface area (Å²) in [5.41, 5.74) is 7.02. The molecule has 0 saturated carbocycles. The Hall–Kier alpha value is -1.84. The van der Waals surface area contributed by atoms with Gasteiger partial charge in [0.15, 0.2) is 0 Å². The average Bonchev–Trinajstić information content (AvgIpc) is 2.31. The molecule has 0 aliphatic carbocycles. The van der Waals surface area contributed by atoms with E-state index in [9.17, 15) is 9.59 Å². The maximum absolute atomic E-state index is 11.6. The third-order valence-electron chi connectivity index (χ3n) is 2.66. The van der Waals surface area contributed by atoms with Crippen molar-refractivity contribution in [1.82, 2.24) is 0 Å². The first kappa shape index (κ1) is 14.2. The molecule has 4 heteroatoms. The summed E-state index contributed by atoms with van der Waals surface area (Å²) < 4.78 is 0. The summed E-state index contributed by atoms with van der Waals surface area (Å²) in [6.45, 7) is 2.00. The molecule has 0 aliphatic rings. The molecule has 0 aliphatic heterocycles. The van der Waals surface area contributed by atoms with Crippen LogP contribution >= 0.6 is 0 Å². The smallest absolute Gasteiger partial charge is 0.224 e. The minimum atomic E-state index is -0.279. The Morgan fingerprint density at radius 2 is 1.67 bits per heavy atom. The van der Waals surface area contributed by atoms with Gasteiger partial charge in [0.2, 0.25) is 11.8 Å². The Morgan fingerprint density at radius 3 is 2.28 bits per heavy atom. The SMILES string of the molecule is Cc1ccc(NC(=O)CCCCCC(N)=O)cc1. The van der Waals surface area contributed by atoms with Crippen molar-refractivity contribution in [2.75, 3.05) is 5.32 Å². The zero-order valence-corrected chi connectivity index (χ0v) is 10.7. The van der Waals surface area contributed by atoms with Gasteiger partial charge in [0.25, 0.3) is 0 Å². The lowest BCUT2D eigenvalue weighted by molar-refractivity contribution is -0.118. The molecule has 1 rings (SSSR count). The second-order valence-electron chi connectivity index (χ2n) is 4.44. The zero-order chi connectivity index (χ0) is 13.4. The monoisotopic (exact) mass is 248 g/mol. The maximum Gasteiger partial charge on any atom is 0.224 e. The molecule has 0 bridgehead atoms. The van der Waals surface area contributed by atoms with Crippen LogP contribution in [0.5, 0.6) is 0 Å². The second kappa shape index (κ2) is 7.48. The van der Waals surface area contributed by atoms with Crippen molar-refractivity contribution >= 4 is 17.5 Å². The molecule has 3 N–H and O–H groups in total. The van der Waals surface area contributed by atoms with Gasteiger partial charge in [-0.25, -0.2) is 0 Å². The molecule has 98 valence electrons. The number of aryl methyl sites for hydroxylation is 1. The Kier molecular flexibility index (Phi) is 5.91. The summed E-state index contributed by atoms with van der Waals surface area (Å²) in [6.07, 6.45) is 3.27. The van der Waals surface area contributed by atoms with Crippen LogP contribution in [0.3, 0.4) is 0 Å². The minimum absolute atomic E-state index is 0.0120. The van der Waals surface area contributed by atoms with Crippen LogP contribution in [0.1, 0.15) is 37.7 Å². The van der Waals surface area contributed by atoms with Crippen molar-refractivity contribution in [1.29, 1.82) is 0 Å². The van der Waals surface area contributed by atoms with Crippen molar-refractivity contribution in [3.05, 3.63) is 29.8 Å². The number of rotatable bonds is 7. The molecule has 0 atom stereocenters. The summed E-state index contributed by atoms with van der Waals surface area (Å²) in [5.74, 6) is -0.267. The number of anilines is 1. The quantitative estimate of drug-likeness (QED) is 0.727. The van der Waals surface area contributed by atoms with Crippen LogP contribution in [-0.2, 0) is 9.59 Å². The Labute approximate surface area is 108 Å². The number of carbonyl (C=O) groups is 2. The molecule has 0 saturated heterocycles. The van der Waals surface area contributed by atoms with Gasteiger partial charge in [0.1, 0.15) is 0 Å². The van der Waals surface area contributed by atoms with Gasteiger partial charge in [0, 0.05) is 18.5 Å². The highest BCUT2D eigenvalue weighted by Crippen LogP contribution is 2.10. The van der Waals surface area contributed by atoms with Gasteiger partial charge in [0.05, 0.1) is 0 Å². The van der Waals surface area contributed by atoms with Crippen molar-refractivity contribution in [3.8, 4) is 0 Å². The zero-order valence-electron chi connectivity index (χ0n) is 10.7. The number of amides is 2. The van der Waals surface area contributed by atoms with Gasteiger partial charge in [-0.05, 0) is 31.9 Å². The largest absolute Gasteiger partial charge is 0.370 e. The van der Waals surface area contributed by atoms with Crippen LogP contribution in [0.25, 0.3) is 0 Å². The molecular formula is C14H20N2O2. The van der Waals surface area contributed by atoms with E-state index in [1.54, 1.807) is 0 Å². The van der Waals surface area contributed by atoms with Gasteiger partial charge < -0.3 is 11.1 Å². The molecule has 0 fully saturated rings. The molecule has 1 aromatic rings. The predicted molar refractivity (Wildman–Crippen MR) is 72.1 cm³/mol. The summed E-state index contributed by atoms with van der Waals surface area (Å²) in [4.78, 5) is 22.1. The van der Waals surface area contributed by atoms with Gasteiger partial charge in [-0.2, -0.15) is 0 Å². The van der Waals surface area contributed by atoms with E-state index in [0.717, 1.165) is 24.9 Å². The molecule has 0 radical (unpaired) electrons. The summed E-state index contributed by atoms with van der Waals surface area (Å²) in [7, 11) is 0. The van der Waals surface area contributed by atoms with Gasteiger partial charge in [-0.3, -0.25) is 9.59 Å². The lowest BCUT2D eigenvalue weighted by atomic mass is 10.1. The molecule has 1 aromatic carbocycles. The standard InChI is InChI=1S/C14H20N2O2/c1-11-7-9-12(10-8-11)16-14(18)6-4-2-3-5-13(15)17/h7-10H,2-6H2,1H3,(H2,15,17)(H,16,18). The lowest BCUT2D eigenvalue weighted by Gasteiger charge is -2.05. The topological polar surface area (TPSA) is 72.2 Å². The molecule has 4 nitrogen and oxygen atoms in total.